The number of rotatable bonds is 4. The van der Waals surface area contributed by atoms with Crippen LogP contribution in [-0.4, -0.2) is 54.4 Å². The van der Waals surface area contributed by atoms with Gasteiger partial charge in [-0.3, -0.25) is 0 Å². The van der Waals surface area contributed by atoms with Crippen LogP contribution in [0.25, 0.3) is 0 Å². The van der Waals surface area contributed by atoms with Crippen molar-refractivity contribution in [3.63, 3.8) is 0 Å². The summed E-state index contributed by atoms with van der Waals surface area (Å²) < 4.78 is 36.8. The highest BCUT2D eigenvalue weighted by Crippen LogP contribution is 2.39. The predicted molar refractivity (Wildman–Crippen MR) is 73.3 cm³/mol. The molecular formula is C13H19N3O4S. The Kier molecular flexibility index (Phi) is 3.27. The van der Waals surface area contributed by atoms with E-state index in [0.29, 0.717) is 38.0 Å². The molecule has 3 heterocycles. The van der Waals surface area contributed by atoms with Crippen molar-refractivity contribution >= 4 is 10.0 Å². The van der Waals surface area contributed by atoms with Crippen LogP contribution in [0, 0.1) is 0 Å². The van der Waals surface area contributed by atoms with E-state index in [1.165, 1.54) is 0 Å². The van der Waals surface area contributed by atoms with Gasteiger partial charge in [0.15, 0.2) is 5.82 Å². The molecule has 1 aromatic rings. The van der Waals surface area contributed by atoms with E-state index >= 15 is 0 Å². The Balaban J connectivity index is 1.49. The van der Waals surface area contributed by atoms with E-state index in [9.17, 15) is 8.42 Å². The molecule has 1 atom stereocenters. The normalized spacial score (nSPS) is 28.5. The molecule has 3 aliphatic rings. The van der Waals surface area contributed by atoms with Crippen LogP contribution in [0.3, 0.4) is 0 Å². The number of nitrogens with zero attached hydrogens (tertiary/aromatic N) is 3. The van der Waals surface area contributed by atoms with Gasteiger partial charge in [-0.15, -0.1) is 0 Å². The lowest BCUT2D eigenvalue weighted by Gasteiger charge is -2.36. The Bertz CT molecular complexity index is 621. The van der Waals surface area contributed by atoms with E-state index in [2.05, 4.69) is 10.1 Å². The molecule has 21 heavy (non-hydrogen) atoms. The van der Waals surface area contributed by atoms with Gasteiger partial charge in [-0.1, -0.05) is 5.16 Å². The zero-order chi connectivity index (χ0) is 14.4. The molecule has 1 aliphatic carbocycles. The quantitative estimate of drug-likeness (QED) is 0.819. The van der Waals surface area contributed by atoms with E-state index in [4.69, 9.17) is 9.26 Å². The minimum atomic E-state index is -3.24. The Morgan fingerprint density at radius 2 is 1.95 bits per heavy atom. The molecule has 4 rings (SSSR count). The first-order chi connectivity index (χ1) is 10.1. The van der Waals surface area contributed by atoms with Gasteiger partial charge in [-0.2, -0.15) is 4.98 Å². The van der Waals surface area contributed by atoms with Gasteiger partial charge >= 0.3 is 0 Å². The fraction of sp³-hybridized carbons (Fsp3) is 0.846. The largest absolute Gasteiger partial charge is 0.378 e. The smallest absolute Gasteiger partial charge is 0.229 e. The average Bonchev–Trinajstić information content (AvgIpc) is 3.14. The molecule has 3 fully saturated rings. The Morgan fingerprint density at radius 3 is 2.62 bits per heavy atom. The highest BCUT2D eigenvalue weighted by atomic mass is 32.2. The molecule has 1 unspecified atom stereocenters. The molecule has 0 bridgehead atoms. The van der Waals surface area contributed by atoms with Crippen LogP contribution in [0.1, 0.15) is 49.2 Å². The average molecular weight is 313 g/mol. The molecule has 0 radical (unpaired) electrons. The lowest BCUT2D eigenvalue weighted by Crippen LogP contribution is -2.51. The van der Waals surface area contributed by atoms with Gasteiger partial charge < -0.3 is 9.26 Å². The predicted octanol–water partition coefficient (Wildman–Crippen LogP) is 0.855. The SMILES string of the molecule is O=S(=O)(C1COC1)N1CCCC(c2noc(C3CC3)n2)C1. The van der Waals surface area contributed by atoms with E-state index in [0.717, 1.165) is 31.6 Å². The van der Waals surface area contributed by atoms with Crippen molar-refractivity contribution < 1.29 is 17.7 Å². The summed E-state index contributed by atoms with van der Waals surface area (Å²) in [4.78, 5) is 4.47. The first-order valence-corrected chi connectivity index (χ1v) is 9.05. The summed E-state index contributed by atoms with van der Waals surface area (Å²) in [5, 5.41) is 3.69. The second kappa shape index (κ2) is 5.03. The molecule has 1 saturated carbocycles. The molecular weight excluding hydrogens is 294 g/mol. The van der Waals surface area contributed by atoms with Crippen molar-refractivity contribution in [1.82, 2.24) is 14.4 Å². The Hall–Kier alpha value is -0.990. The van der Waals surface area contributed by atoms with Crippen LogP contribution in [-0.2, 0) is 14.8 Å². The van der Waals surface area contributed by atoms with Gasteiger partial charge in [-0.25, -0.2) is 12.7 Å². The third-order valence-corrected chi connectivity index (χ3v) is 6.69. The van der Waals surface area contributed by atoms with Crippen molar-refractivity contribution in [3.8, 4) is 0 Å². The molecule has 7 nitrogen and oxygen atoms in total. The number of sulfonamides is 1. The summed E-state index contributed by atoms with van der Waals surface area (Å²) in [6, 6.07) is 0. The fourth-order valence-corrected chi connectivity index (χ4v) is 4.62. The first-order valence-electron chi connectivity index (χ1n) is 7.55. The van der Waals surface area contributed by atoms with Crippen molar-refractivity contribution in [2.45, 2.75) is 42.8 Å². The zero-order valence-electron chi connectivity index (χ0n) is 11.8. The summed E-state index contributed by atoms with van der Waals surface area (Å²) in [5.74, 6) is 1.87. The number of hydrogen-bond acceptors (Lipinski definition) is 6. The van der Waals surface area contributed by atoms with Crippen LogP contribution >= 0.6 is 0 Å². The van der Waals surface area contributed by atoms with Crippen LogP contribution in [0.4, 0.5) is 0 Å². The van der Waals surface area contributed by atoms with Gasteiger partial charge in [0.25, 0.3) is 0 Å². The molecule has 1 aromatic heterocycles. The van der Waals surface area contributed by atoms with Crippen LogP contribution < -0.4 is 0 Å². The lowest BCUT2D eigenvalue weighted by molar-refractivity contribution is 0.0387. The number of ether oxygens (including phenoxy) is 1. The van der Waals surface area contributed by atoms with Crippen LogP contribution in [0.2, 0.25) is 0 Å². The molecule has 0 amide bonds. The van der Waals surface area contributed by atoms with Gasteiger partial charge in [0, 0.05) is 24.9 Å². The van der Waals surface area contributed by atoms with Crippen LogP contribution in [0.15, 0.2) is 4.52 Å². The van der Waals surface area contributed by atoms with Crippen molar-refractivity contribution in [2.75, 3.05) is 26.3 Å². The topological polar surface area (TPSA) is 85.5 Å². The van der Waals surface area contributed by atoms with Gasteiger partial charge in [0.05, 0.1) is 13.2 Å². The molecule has 0 aromatic carbocycles. The van der Waals surface area contributed by atoms with Gasteiger partial charge in [0.1, 0.15) is 5.25 Å². The maximum absolute atomic E-state index is 12.4. The number of aromatic nitrogens is 2. The highest BCUT2D eigenvalue weighted by molar-refractivity contribution is 7.89. The molecule has 0 N–H and O–H groups in total. The van der Waals surface area contributed by atoms with Crippen molar-refractivity contribution in [1.29, 1.82) is 0 Å². The van der Waals surface area contributed by atoms with Gasteiger partial charge in [0.2, 0.25) is 15.9 Å². The van der Waals surface area contributed by atoms with E-state index in [-0.39, 0.29) is 11.2 Å². The van der Waals surface area contributed by atoms with E-state index < -0.39 is 10.0 Å². The second-order valence-corrected chi connectivity index (χ2v) is 8.38. The highest BCUT2D eigenvalue weighted by Gasteiger charge is 2.40. The molecule has 0 spiro atoms. The standard InChI is InChI=1S/C13H19N3O4S/c17-21(18,11-7-19-8-11)16-5-1-2-10(6-16)12-14-13(20-15-12)9-3-4-9/h9-11H,1-8H2. The minimum absolute atomic E-state index is 0.0470. The fourth-order valence-electron chi connectivity index (χ4n) is 2.89. The number of hydrogen-bond donors (Lipinski definition) is 0. The second-order valence-electron chi connectivity index (χ2n) is 6.17. The first kappa shape index (κ1) is 13.7. The van der Waals surface area contributed by atoms with Crippen molar-refractivity contribution in [3.05, 3.63) is 11.7 Å². The molecule has 8 heteroatoms. The summed E-state index contributed by atoms with van der Waals surface area (Å²) in [7, 11) is -3.24. The van der Waals surface area contributed by atoms with Crippen molar-refractivity contribution in [2.24, 2.45) is 0 Å². The Morgan fingerprint density at radius 1 is 1.14 bits per heavy atom. The monoisotopic (exact) mass is 313 g/mol. The summed E-state index contributed by atoms with van der Waals surface area (Å²) >= 11 is 0. The molecule has 2 aliphatic heterocycles. The summed E-state index contributed by atoms with van der Waals surface area (Å²) in [6.07, 6.45) is 3.99. The molecule has 116 valence electrons. The summed E-state index contributed by atoms with van der Waals surface area (Å²) in [6.45, 7) is 1.68. The third kappa shape index (κ3) is 2.49. The molecule has 2 saturated heterocycles. The van der Waals surface area contributed by atoms with E-state index in [1.807, 2.05) is 0 Å². The number of piperidine rings is 1. The maximum atomic E-state index is 12.4. The van der Waals surface area contributed by atoms with Crippen LogP contribution in [0.5, 0.6) is 0 Å². The maximum Gasteiger partial charge on any atom is 0.229 e. The van der Waals surface area contributed by atoms with Gasteiger partial charge in [-0.05, 0) is 25.7 Å². The third-order valence-electron chi connectivity index (χ3n) is 4.52. The summed E-state index contributed by atoms with van der Waals surface area (Å²) in [5.41, 5.74) is 0. The minimum Gasteiger partial charge on any atom is -0.378 e. The van der Waals surface area contributed by atoms with E-state index in [1.54, 1.807) is 4.31 Å². The lowest BCUT2D eigenvalue weighted by atomic mass is 9.99. The Labute approximate surface area is 123 Å². The zero-order valence-corrected chi connectivity index (χ0v) is 12.6.